The minimum atomic E-state index is 0.116. The fraction of sp³-hybridized carbons (Fsp3) is 0.308. The summed E-state index contributed by atoms with van der Waals surface area (Å²) >= 11 is 0. The molecule has 0 unspecified atom stereocenters. The SMILES string of the molecule is CC(=O)/C=C/C[C@H](C)c1ccccc1. The highest BCUT2D eigenvalue weighted by Gasteiger charge is 2.01. The molecule has 0 bridgehead atoms. The third kappa shape index (κ3) is 3.56. The number of allylic oxidation sites excluding steroid dienone is 2. The number of benzene rings is 1. The standard InChI is InChI=1S/C13H16O/c1-11(7-6-8-12(2)14)13-9-4-3-5-10-13/h3-6,8-11H,7H2,1-2H3/b8-6+/t11-/m0/s1. The van der Waals surface area contributed by atoms with Crippen molar-refractivity contribution in [3.8, 4) is 0 Å². The molecule has 0 amide bonds. The van der Waals surface area contributed by atoms with Crippen LogP contribution < -0.4 is 0 Å². The molecular formula is C13H16O. The Morgan fingerprint density at radius 2 is 2.00 bits per heavy atom. The van der Waals surface area contributed by atoms with E-state index in [0.717, 1.165) is 6.42 Å². The Hall–Kier alpha value is -1.37. The third-order valence-corrected chi connectivity index (χ3v) is 2.21. The zero-order valence-electron chi connectivity index (χ0n) is 8.73. The van der Waals surface area contributed by atoms with E-state index in [2.05, 4.69) is 19.1 Å². The fourth-order valence-corrected chi connectivity index (χ4v) is 1.36. The van der Waals surface area contributed by atoms with E-state index in [1.165, 1.54) is 5.56 Å². The number of rotatable bonds is 4. The summed E-state index contributed by atoms with van der Waals surface area (Å²) in [5, 5.41) is 0. The second-order valence-corrected chi connectivity index (χ2v) is 3.56. The summed E-state index contributed by atoms with van der Waals surface area (Å²) in [5.74, 6) is 0.595. The molecule has 1 rings (SSSR count). The summed E-state index contributed by atoms with van der Waals surface area (Å²) in [6, 6.07) is 10.3. The maximum absolute atomic E-state index is 10.7. The van der Waals surface area contributed by atoms with E-state index in [9.17, 15) is 4.79 Å². The molecule has 0 aliphatic rings. The Labute approximate surface area is 85.5 Å². The van der Waals surface area contributed by atoms with Gasteiger partial charge in [0.2, 0.25) is 0 Å². The van der Waals surface area contributed by atoms with Crippen molar-refractivity contribution in [3.05, 3.63) is 48.0 Å². The quantitative estimate of drug-likeness (QED) is 0.662. The number of carbonyl (C=O) groups excluding carboxylic acids is 1. The maximum atomic E-state index is 10.7. The molecule has 0 N–H and O–H groups in total. The van der Waals surface area contributed by atoms with Crippen LogP contribution in [-0.4, -0.2) is 5.78 Å². The van der Waals surface area contributed by atoms with Crippen molar-refractivity contribution in [2.24, 2.45) is 0 Å². The van der Waals surface area contributed by atoms with Gasteiger partial charge in [-0.25, -0.2) is 0 Å². The maximum Gasteiger partial charge on any atom is 0.152 e. The van der Waals surface area contributed by atoms with Crippen LogP contribution in [0.25, 0.3) is 0 Å². The average Bonchev–Trinajstić information content (AvgIpc) is 2.18. The smallest absolute Gasteiger partial charge is 0.152 e. The first-order valence-electron chi connectivity index (χ1n) is 4.92. The summed E-state index contributed by atoms with van der Waals surface area (Å²) in [6.45, 7) is 3.74. The molecule has 0 spiro atoms. The number of ketones is 1. The second kappa shape index (κ2) is 5.38. The third-order valence-electron chi connectivity index (χ3n) is 2.21. The molecule has 1 aromatic rings. The number of carbonyl (C=O) groups is 1. The Morgan fingerprint density at radius 1 is 1.36 bits per heavy atom. The van der Waals surface area contributed by atoms with Gasteiger partial charge in [0.25, 0.3) is 0 Å². The van der Waals surface area contributed by atoms with Crippen LogP contribution in [0, 0.1) is 0 Å². The van der Waals surface area contributed by atoms with E-state index in [4.69, 9.17) is 0 Å². The highest BCUT2D eigenvalue weighted by atomic mass is 16.1. The lowest BCUT2D eigenvalue weighted by atomic mass is 9.98. The fourth-order valence-electron chi connectivity index (χ4n) is 1.36. The van der Waals surface area contributed by atoms with Gasteiger partial charge in [-0.1, -0.05) is 43.3 Å². The van der Waals surface area contributed by atoms with Crippen LogP contribution in [0.5, 0.6) is 0 Å². The second-order valence-electron chi connectivity index (χ2n) is 3.56. The Balaban J connectivity index is 2.51. The van der Waals surface area contributed by atoms with Crippen molar-refractivity contribution in [2.75, 3.05) is 0 Å². The van der Waals surface area contributed by atoms with Crippen LogP contribution in [0.4, 0.5) is 0 Å². The van der Waals surface area contributed by atoms with Crippen LogP contribution in [-0.2, 0) is 4.79 Å². The van der Waals surface area contributed by atoms with Gasteiger partial charge in [0.15, 0.2) is 5.78 Å². The van der Waals surface area contributed by atoms with E-state index < -0.39 is 0 Å². The molecular weight excluding hydrogens is 172 g/mol. The molecule has 1 atom stereocenters. The van der Waals surface area contributed by atoms with Crippen molar-refractivity contribution in [3.63, 3.8) is 0 Å². The zero-order valence-corrected chi connectivity index (χ0v) is 8.73. The number of hydrogen-bond donors (Lipinski definition) is 0. The highest BCUT2D eigenvalue weighted by molar-refractivity contribution is 5.87. The molecule has 1 heteroatoms. The Morgan fingerprint density at radius 3 is 2.57 bits per heavy atom. The summed E-state index contributed by atoms with van der Waals surface area (Å²) in [6.07, 6.45) is 4.50. The van der Waals surface area contributed by atoms with Gasteiger partial charge in [-0.15, -0.1) is 0 Å². The monoisotopic (exact) mass is 188 g/mol. The average molecular weight is 188 g/mol. The first kappa shape index (κ1) is 10.7. The molecule has 0 saturated heterocycles. The van der Waals surface area contributed by atoms with Gasteiger partial charge in [-0.3, -0.25) is 4.79 Å². The molecule has 0 saturated carbocycles. The van der Waals surface area contributed by atoms with Crippen molar-refractivity contribution in [1.29, 1.82) is 0 Å². The molecule has 0 heterocycles. The lowest BCUT2D eigenvalue weighted by Gasteiger charge is -2.07. The molecule has 0 aliphatic heterocycles. The summed E-state index contributed by atoms with van der Waals surface area (Å²) in [7, 11) is 0. The van der Waals surface area contributed by atoms with Crippen molar-refractivity contribution >= 4 is 5.78 Å². The molecule has 1 nitrogen and oxygen atoms in total. The Kier molecular flexibility index (Phi) is 4.11. The van der Waals surface area contributed by atoms with Crippen LogP contribution in [0.1, 0.15) is 31.7 Å². The first-order valence-corrected chi connectivity index (χ1v) is 4.92. The molecule has 14 heavy (non-hydrogen) atoms. The van der Waals surface area contributed by atoms with E-state index >= 15 is 0 Å². The van der Waals surface area contributed by atoms with Gasteiger partial charge in [0.1, 0.15) is 0 Å². The van der Waals surface area contributed by atoms with Gasteiger partial charge in [-0.2, -0.15) is 0 Å². The van der Waals surface area contributed by atoms with Crippen LogP contribution in [0.3, 0.4) is 0 Å². The predicted octanol–water partition coefficient (Wildman–Crippen LogP) is 3.33. The molecule has 74 valence electrons. The van der Waals surface area contributed by atoms with E-state index in [0.29, 0.717) is 5.92 Å². The van der Waals surface area contributed by atoms with Gasteiger partial charge >= 0.3 is 0 Å². The molecule has 1 aromatic carbocycles. The lowest BCUT2D eigenvalue weighted by molar-refractivity contribution is -0.112. The molecule has 0 aromatic heterocycles. The van der Waals surface area contributed by atoms with E-state index in [1.54, 1.807) is 13.0 Å². The molecule has 0 radical (unpaired) electrons. The molecule has 0 fully saturated rings. The van der Waals surface area contributed by atoms with Gasteiger partial charge in [0, 0.05) is 0 Å². The topological polar surface area (TPSA) is 17.1 Å². The van der Waals surface area contributed by atoms with Crippen molar-refractivity contribution < 1.29 is 4.79 Å². The first-order chi connectivity index (χ1) is 6.70. The Bertz CT molecular complexity index is 311. The van der Waals surface area contributed by atoms with Crippen molar-refractivity contribution in [2.45, 2.75) is 26.2 Å². The minimum absolute atomic E-state index is 0.116. The van der Waals surface area contributed by atoms with Crippen molar-refractivity contribution in [1.82, 2.24) is 0 Å². The summed E-state index contributed by atoms with van der Waals surface area (Å²) in [4.78, 5) is 10.7. The van der Waals surface area contributed by atoms with Crippen LogP contribution in [0.2, 0.25) is 0 Å². The minimum Gasteiger partial charge on any atom is -0.295 e. The summed E-state index contributed by atoms with van der Waals surface area (Å²) in [5.41, 5.74) is 1.32. The lowest BCUT2D eigenvalue weighted by Crippen LogP contribution is -1.91. The van der Waals surface area contributed by atoms with Gasteiger partial charge < -0.3 is 0 Å². The van der Waals surface area contributed by atoms with E-state index in [-0.39, 0.29) is 5.78 Å². The van der Waals surface area contributed by atoms with Crippen LogP contribution >= 0.6 is 0 Å². The van der Waals surface area contributed by atoms with Gasteiger partial charge in [0.05, 0.1) is 0 Å². The van der Waals surface area contributed by atoms with Gasteiger partial charge in [-0.05, 0) is 30.9 Å². The van der Waals surface area contributed by atoms with Crippen LogP contribution in [0.15, 0.2) is 42.5 Å². The largest absolute Gasteiger partial charge is 0.295 e. The molecule has 0 aliphatic carbocycles. The highest BCUT2D eigenvalue weighted by Crippen LogP contribution is 2.18. The predicted molar refractivity (Wildman–Crippen MR) is 59.3 cm³/mol. The van der Waals surface area contributed by atoms with E-state index in [1.807, 2.05) is 24.3 Å². The summed E-state index contributed by atoms with van der Waals surface area (Å²) < 4.78 is 0. The normalized spacial score (nSPS) is 13.0. The number of hydrogen-bond acceptors (Lipinski definition) is 1. The zero-order chi connectivity index (χ0) is 10.4.